The number of carbonyl (C=O) groups excluding carboxylic acids is 3. The van der Waals surface area contributed by atoms with Gasteiger partial charge in [0.15, 0.2) is 5.11 Å². The Labute approximate surface area is 180 Å². The summed E-state index contributed by atoms with van der Waals surface area (Å²) in [6.45, 7) is 3.07. The molecule has 0 aromatic heterocycles. The van der Waals surface area contributed by atoms with Gasteiger partial charge in [-0.25, -0.2) is 0 Å². The van der Waals surface area contributed by atoms with Crippen LogP contribution < -0.4 is 10.6 Å². The molecule has 2 N–H and O–H groups in total. The number of rotatable bonds is 7. The van der Waals surface area contributed by atoms with E-state index in [1.165, 1.54) is 6.08 Å². The maximum absolute atomic E-state index is 12.2. The summed E-state index contributed by atoms with van der Waals surface area (Å²) < 4.78 is 5.14. The van der Waals surface area contributed by atoms with Crippen LogP contribution in [0.3, 0.4) is 0 Å². The van der Waals surface area contributed by atoms with Crippen LogP contribution in [0.5, 0.6) is 0 Å². The van der Waals surface area contributed by atoms with Crippen molar-refractivity contribution in [2.75, 3.05) is 19.7 Å². The van der Waals surface area contributed by atoms with E-state index in [4.69, 9.17) is 28.6 Å². The van der Waals surface area contributed by atoms with Crippen molar-refractivity contribution in [3.05, 3.63) is 40.9 Å². The van der Waals surface area contributed by atoms with Crippen LogP contribution in [0.4, 0.5) is 0 Å². The summed E-state index contributed by atoms with van der Waals surface area (Å²) in [6.07, 6.45) is 4.50. The smallest absolute Gasteiger partial charge is 0.308 e. The molecule has 29 heavy (non-hydrogen) atoms. The molecule has 7 nitrogen and oxygen atoms in total. The van der Waals surface area contributed by atoms with Gasteiger partial charge in [0.05, 0.1) is 13.0 Å². The number of halogens is 1. The normalized spacial score (nSPS) is 16.4. The number of unbranched alkanes of at least 4 members (excludes halogenated alkanes) is 1. The van der Waals surface area contributed by atoms with E-state index in [0.717, 1.165) is 18.4 Å². The summed E-state index contributed by atoms with van der Waals surface area (Å²) >= 11 is 11.1. The molecular formula is C20H24ClN3O4S. The lowest BCUT2D eigenvalue weighted by molar-refractivity contribution is -0.147. The van der Waals surface area contributed by atoms with Gasteiger partial charge < -0.3 is 15.0 Å². The molecule has 2 rings (SSSR count). The number of benzene rings is 1. The fraction of sp³-hybridized carbons (Fsp3) is 0.400. The molecule has 0 radical (unpaired) electrons. The first kappa shape index (κ1) is 22.8. The number of hydrogen-bond acceptors (Lipinski definition) is 5. The molecule has 1 aliphatic heterocycles. The van der Waals surface area contributed by atoms with Crippen LogP contribution in [-0.2, 0) is 19.1 Å². The van der Waals surface area contributed by atoms with Crippen LogP contribution >= 0.6 is 23.8 Å². The lowest BCUT2D eigenvalue weighted by Crippen LogP contribution is -2.60. The molecule has 156 valence electrons. The Morgan fingerprint density at radius 3 is 2.79 bits per heavy atom. The summed E-state index contributed by atoms with van der Waals surface area (Å²) in [7, 11) is 0. The topological polar surface area (TPSA) is 87.7 Å². The van der Waals surface area contributed by atoms with Crippen LogP contribution in [0.15, 0.2) is 30.3 Å². The molecule has 1 aliphatic rings. The molecule has 0 bridgehead atoms. The maximum Gasteiger partial charge on any atom is 0.308 e. The van der Waals surface area contributed by atoms with Crippen LogP contribution in [0.1, 0.15) is 31.7 Å². The van der Waals surface area contributed by atoms with Gasteiger partial charge >= 0.3 is 5.97 Å². The van der Waals surface area contributed by atoms with Gasteiger partial charge in [-0.1, -0.05) is 37.1 Å². The molecule has 1 unspecified atom stereocenters. The Bertz CT molecular complexity index is 782. The number of hydrogen-bond donors (Lipinski definition) is 2. The Morgan fingerprint density at radius 2 is 2.10 bits per heavy atom. The number of amides is 2. The fourth-order valence-electron chi connectivity index (χ4n) is 2.67. The van der Waals surface area contributed by atoms with Crippen LogP contribution in [-0.4, -0.2) is 53.5 Å². The van der Waals surface area contributed by atoms with Gasteiger partial charge in [-0.3, -0.25) is 19.7 Å². The minimum Gasteiger partial charge on any atom is -0.466 e. The van der Waals surface area contributed by atoms with Crippen molar-refractivity contribution in [3.63, 3.8) is 0 Å². The average Bonchev–Trinajstić information content (AvgIpc) is 2.69. The Morgan fingerprint density at radius 1 is 1.38 bits per heavy atom. The summed E-state index contributed by atoms with van der Waals surface area (Å²) in [4.78, 5) is 38.0. The zero-order valence-corrected chi connectivity index (χ0v) is 17.7. The molecule has 9 heteroatoms. The van der Waals surface area contributed by atoms with Gasteiger partial charge in [0.25, 0.3) is 0 Å². The average molecular weight is 438 g/mol. The SMILES string of the molecule is CCCCOC(=O)CC1C(=O)NCCN1C(=S)NC(=O)/C=C/c1ccc(Cl)cc1. The van der Waals surface area contributed by atoms with E-state index in [2.05, 4.69) is 10.6 Å². The highest BCUT2D eigenvalue weighted by Crippen LogP contribution is 2.12. The lowest BCUT2D eigenvalue weighted by atomic mass is 10.1. The highest BCUT2D eigenvalue weighted by atomic mass is 35.5. The first-order valence-corrected chi connectivity index (χ1v) is 10.2. The van der Waals surface area contributed by atoms with E-state index < -0.39 is 17.9 Å². The zero-order chi connectivity index (χ0) is 21.2. The number of piperazine rings is 1. The Balaban J connectivity index is 1.94. The second-order valence-electron chi connectivity index (χ2n) is 6.46. The highest BCUT2D eigenvalue weighted by molar-refractivity contribution is 7.80. The van der Waals surface area contributed by atoms with E-state index in [0.29, 0.717) is 24.7 Å². The minimum absolute atomic E-state index is 0.0944. The summed E-state index contributed by atoms with van der Waals surface area (Å²) in [6, 6.07) is 6.19. The van der Waals surface area contributed by atoms with Crippen LogP contribution in [0.2, 0.25) is 5.02 Å². The molecule has 1 saturated heterocycles. The second kappa shape index (κ2) is 11.5. The van der Waals surface area contributed by atoms with Crippen molar-refractivity contribution in [2.45, 2.75) is 32.2 Å². The Kier molecular flexibility index (Phi) is 9.08. The third kappa shape index (κ3) is 7.47. The van der Waals surface area contributed by atoms with E-state index in [9.17, 15) is 14.4 Å². The second-order valence-corrected chi connectivity index (χ2v) is 7.28. The molecular weight excluding hydrogens is 414 g/mol. The number of esters is 1. The molecule has 1 fully saturated rings. The predicted molar refractivity (Wildman–Crippen MR) is 115 cm³/mol. The summed E-state index contributed by atoms with van der Waals surface area (Å²) in [5.74, 6) is -1.22. The third-order valence-electron chi connectivity index (χ3n) is 4.24. The highest BCUT2D eigenvalue weighted by Gasteiger charge is 2.34. The molecule has 1 heterocycles. The van der Waals surface area contributed by atoms with Crippen LogP contribution in [0.25, 0.3) is 6.08 Å². The van der Waals surface area contributed by atoms with Gasteiger partial charge in [0.2, 0.25) is 11.8 Å². The van der Waals surface area contributed by atoms with Crippen molar-refractivity contribution in [1.82, 2.24) is 15.5 Å². The molecule has 1 aromatic rings. The summed E-state index contributed by atoms with van der Waals surface area (Å²) in [5.41, 5.74) is 0.806. The summed E-state index contributed by atoms with van der Waals surface area (Å²) in [5, 5.41) is 5.99. The number of nitrogens with one attached hydrogen (secondary N) is 2. The van der Waals surface area contributed by atoms with E-state index in [-0.39, 0.29) is 17.4 Å². The van der Waals surface area contributed by atoms with Crippen molar-refractivity contribution in [1.29, 1.82) is 0 Å². The van der Waals surface area contributed by atoms with E-state index >= 15 is 0 Å². The van der Waals surface area contributed by atoms with Crippen molar-refractivity contribution >= 4 is 52.8 Å². The largest absolute Gasteiger partial charge is 0.466 e. The monoisotopic (exact) mass is 437 g/mol. The fourth-order valence-corrected chi connectivity index (χ4v) is 3.12. The molecule has 0 saturated carbocycles. The molecule has 0 spiro atoms. The van der Waals surface area contributed by atoms with Gasteiger partial charge in [-0.15, -0.1) is 0 Å². The molecule has 1 aromatic carbocycles. The third-order valence-corrected chi connectivity index (χ3v) is 4.83. The van der Waals surface area contributed by atoms with E-state index in [1.807, 2.05) is 6.92 Å². The van der Waals surface area contributed by atoms with Gasteiger partial charge in [-0.05, 0) is 42.4 Å². The van der Waals surface area contributed by atoms with Crippen LogP contribution in [0, 0.1) is 0 Å². The molecule has 2 amide bonds. The number of nitrogens with zero attached hydrogens (tertiary/aromatic N) is 1. The predicted octanol–water partition coefficient (Wildman–Crippen LogP) is 2.29. The minimum atomic E-state index is -0.814. The molecule has 0 aliphatic carbocycles. The quantitative estimate of drug-likeness (QED) is 0.294. The first-order chi connectivity index (χ1) is 13.9. The number of thiocarbonyl (C=S) groups is 1. The van der Waals surface area contributed by atoms with Gasteiger partial charge in [0, 0.05) is 24.2 Å². The van der Waals surface area contributed by atoms with Crippen molar-refractivity contribution in [3.8, 4) is 0 Å². The standard InChI is InChI=1S/C20H24ClN3O4S/c1-2-3-12-28-18(26)13-16-19(27)22-10-11-24(16)20(29)23-17(25)9-6-14-4-7-15(21)8-5-14/h4-9,16H,2-3,10-13H2,1H3,(H,22,27)(H,23,25,29)/b9-6+. The lowest BCUT2D eigenvalue weighted by Gasteiger charge is -2.36. The first-order valence-electron chi connectivity index (χ1n) is 9.39. The molecule has 1 atom stereocenters. The number of carbonyl (C=O) groups is 3. The number of ether oxygens (including phenoxy) is 1. The maximum atomic E-state index is 12.2. The van der Waals surface area contributed by atoms with Gasteiger partial charge in [0.1, 0.15) is 6.04 Å². The zero-order valence-electron chi connectivity index (χ0n) is 16.2. The Hall–Kier alpha value is -2.45. The van der Waals surface area contributed by atoms with Crippen molar-refractivity contribution < 1.29 is 19.1 Å². The van der Waals surface area contributed by atoms with Gasteiger partial charge in [-0.2, -0.15) is 0 Å². The van der Waals surface area contributed by atoms with E-state index in [1.54, 1.807) is 35.2 Å². The van der Waals surface area contributed by atoms with Crippen molar-refractivity contribution in [2.24, 2.45) is 0 Å².